The third-order valence-corrected chi connectivity index (χ3v) is 4.63. The minimum atomic E-state index is -0.461. The second kappa shape index (κ2) is 6.25. The number of pyridine rings is 1. The van der Waals surface area contributed by atoms with Crippen LogP contribution in [0.25, 0.3) is 16.6 Å². The highest BCUT2D eigenvalue weighted by molar-refractivity contribution is 5.94. The van der Waals surface area contributed by atoms with E-state index in [0.29, 0.717) is 24.5 Å². The summed E-state index contributed by atoms with van der Waals surface area (Å²) in [6, 6.07) is 9.63. The molecule has 1 N–H and O–H groups in total. The zero-order valence-electron chi connectivity index (χ0n) is 14.0. The van der Waals surface area contributed by atoms with Crippen molar-refractivity contribution in [2.24, 2.45) is 0 Å². The molecule has 0 radical (unpaired) electrons. The monoisotopic (exact) mass is 337 g/mol. The van der Waals surface area contributed by atoms with Crippen LogP contribution in [0.5, 0.6) is 0 Å². The van der Waals surface area contributed by atoms with Gasteiger partial charge in [-0.2, -0.15) is 0 Å². The Kier molecular flexibility index (Phi) is 3.93. The van der Waals surface area contributed by atoms with Crippen molar-refractivity contribution in [1.29, 1.82) is 0 Å². The summed E-state index contributed by atoms with van der Waals surface area (Å²) in [6.07, 6.45) is 2.82. The van der Waals surface area contributed by atoms with E-state index in [2.05, 4.69) is 15.3 Å². The van der Waals surface area contributed by atoms with Gasteiger partial charge in [0.15, 0.2) is 5.69 Å². The summed E-state index contributed by atoms with van der Waals surface area (Å²) >= 11 is 0. The molecule has 1 unspecified atom stereocenters. The average Bonchev–Trinajstić information content (AvgIpc) is 3.02. The van der Waals surface area contributed by atoms with Crippen molar-refractivity contribution in [2.45, 2.75) is 25.9 Å². The molecule has 1 aliphatic rings. The minimum absolute atomic E-state index is 0.180. The number of amides is 1. The third kappa shape index (κ3) is 2.76. The Morgan fingerprint density at radius 3 is 3.00 bits per heavy atom. The Morgan fingerprint density at radius 1 is 1.28 bits per heavy atom. The standard InChI is InChI=1S/C18H19N5O2/c1-12-17(18(25)22-10-4-5-13(24)11-22)20-21-23(12)16-8-2-7-15-14(16)6-3-9-19-15/h2-3,6-9,13,24H,4-5,10-11H2,1H3. The van der Waals surface area contributed by atoms with Gasteiger partial charge in [-0.05, 0) is 44.0 Å². The third-order valence-electron chi connectivity index (χ3n) is 4.63. The lowest BCUT2D eigenvalue weighted by Gasteiger charge is -2.29. The maximum atomic E-state index is 12.8. The molecule has 0 spiro atoms. The van der Waals surface area contributed by atoms with Gasteiger partial charge in [0.05, 0.1) is 23.0 Å². The molecule has 1 amide bonds. The zero-order chi connectivity index (χ0) is 17.4. The van der Waals surface area contributed by atoms with E-state index in [1.54, 1.807) is 15.8 Å². The van der Waals surface area contributed by atoms with E-state index in [4.69, 9.17) is 0 Å². The number of piperidine rings is 1. The Bertz CT molecular complexity index is 931. The molecule has 0 saturated carbocycles. The van der Waals surface area contributed by atoms with Gasteiger partial charge < -0.3 is 10.0 Å². The van der Waals surface area contributed by atoms with Crippen LogP contribution >= 0.6 is 0 Å². The first-order valence-corrected chi connectivity index (χ1v) is 8.39. The number of aliphatic hydroxyl groups is 1. The van der Waals surface area contributed by atoms with Gasteiger partial charge in [-0.3, -0.25) is 9.78 Å². The molecule has 3 heterocycles. The molecule has 1 atom stereocenters. The Balaban J connectivity index is 1.72. The van der Waals surface area contributed by atoms with Gasteiger partial charge >= 0.3 is 0 Å². The summed E-state index contributed by atoms with van der Waals surface area (Å²) in [5, 5.41) is 19.1. The molecule has 1 aliphatic heterocycles. The van der Waals surface area contributed by atoms with Crippen molar-refractivity contribution in [1.82, 2.24) is 24.9 Å². The number of rotatable bonds is 2. The second-order valence-corrected chi connectivity index (χ2v) is 6.33. The van der Waals surface area contributed by atoms with E-state index < -0.39 is 6.10 Å². The highest BCUT2D eigenvalue weighted by Crippen LogP contribution is 2.22. The molecule has 1 saturated heterocycles. The van der Waals surface area contributed by atoms with Crippen molar-refractivity contribution in [3.63, 3.8) is 0 Å². The van der Waals surface area contributed by atoms with Gasteiger partial charge in [0.25, 0.3) is 5.91 Å². The minimum Gasteiger partial charge on any atom is -0.391 e. The molecule has 0 aliphatic carbocycles. The summed E-state index contributed by atoms with van der Waals surface area (Å²) in [7, 11) is 0. The summed E-state index contributed by atoms with van der Waals surface area (Å²) in [5.74, 6) is -0.180. The van der Waals surface area contributed by atoms with Crippen molar-refractivity contribution in [2.75, 3.05) is 13.1 Å². The highest BCUT2D eigenvalue weighted by atomic mass is 16.3. The van der Waals surface area contributed by atoms with Crippen molar-refractivity contribution < 1.29 is 9.90 Å². The van der Waals surface area contributed by atoms with E-state index in [0.717, 1.165) is 29.4 Å². The molecule has 128 valence electrons. The SMILES string of the molecule is Cc1c(C(=O)N2CCCC(O)C2)nnn1-c1cccc2ncccc12. The number of carbonyl (C=O) groups excluding carboxylic acids is 1. The first-order chi connectivity index (χ1) is 12.1. The topological polar surface area (TPSA) is 84.1 Å². The summed E-state index contributed by atoms with van der Waals surface area (Å²) in [6.45, 7) is 2.83. The number of hydrogen-bond donors (Lipinski definition) is 1. The smallest absolute Gasteiger partial charge is 0.276 e. The molecule has 7 heteroatoms. The average molecular weight is 337 g/mol. The lowest BCUT2D eigenvalue weighted by Crippen LogP contribution is -2.42. The van der Waals surface area contributed by atoms with Crippen molar-refractivity contribution in [3.05, 3.63) is 47.9 Å². The Labute approximate surface area is 144 Å². The van der Waals surface area contributed by atoms with Crippen LogP contribution in [0.4, 0.5) is 0 Å². The first-order valence-electron chi connectivity index (χ1n) is 8.39. The number of β-amino-alcohol motifs (C(OH)–C–C–N with tert-alkyl or cyclic N) is 1. The number of benzene rings is 1. The fraction of sp³-hybridized carbons (Fsp3) is 0.333. The van der Waals surface area contributed by atoms with Crippen LogP contribution in [0.3, 0.4) is 0 Å². The second-order valence-electron chi connectivity index (χ2n) is 6.33. The molecule has 25 heavy (non-hydrogen) atoms. The van der Waals surface area contributed by atoms with E-state index in [9.17, 15) is 9.90 Å². The van der Waals surface area contributed by atoms with E-state index in [-0.39, 0.29) is 5.91 Å². The lowest BCUT2D eigenvalue weighted by molar-refractivity contribution is 0.0468. The van der Waals surface area contributed by atoms with Crippen LogP contribution in [0.2, 0.25) is 0 Å². The van der Waals surface area contributed by atoms with Gasteiger partial charge in [0.1, 0.15) is 0 Å². The number of aromatic nitrogens is 4. The van der Waals surface area contributed by atoms with Gasteiger partial charge in [-0.25, -0.2) is 4.68 Å². The van der Waals surface area contributed by atoms with Crippen LogP contribution in [0.15, 0.2) is 36.5 Å². The van der Waals surface area contributed by atoms with Gasteiger partial charge in [0, 0.05) is 24.7 Å². The van der Waals surface area contributed by atoms with Crippen LogP contribution in [-0.4, -0.2) is 55.1 Å². The number of carbonyl (C=O) groups is 1. The van der Waals surface area contributed by atoms with Crippen LogP contribution in [0, 0.1) is 6.92 Å². The highest BCUT2D eigenvalue weighted by Gasteiger charge is 2.27. The lowest BCUT2D eigenvalue weighted by atomic mass is 10.1. The Morgan fingerprint density at radius 2 is 2.16 bits per heavy atom. The van der Waals surface area contributed by atoms with Crippen LogP contribution < -0.4 is 0 Å². The van der Waals surface area contributed by atoms with Gasteiger partial charge in [0.2, 0.25) is 0 Å². The zero-order valence-corrected chi connectivity index (χ0v) is 14.0. The molecular formula is C18H19N5O2. The van der Waals surface area contributed by atoms with Crippen molar-refractivity contribution in [3.8, 4) is 5.69 Å². The number of fused-ring (bicyclic) bond motifs is 1. The Hall–Kier alpha value is -2.80. The summed E-state index contributed by atoms with van der Waals surface area (Å²) in [5.41, 5.74) is 2.71. The number of likely N-dealkylation sites (tertiary alicyclic amines) is 1. The van der Waals surface area contributed by atoms with E-state index in [1.807, 2.05) is 37.3 Å². The van der Waals surface area contributed by atoms with Gasteiger partial charge in [-0.15, -0.1) is 5.10 Å². The fourth-order valence-corrected chi connectivity index (χ4v) is 3.32. The maximum Gasteiger partial charge on any atom is 0.276 e. The number of hydrogen-bond acceptors (Lipinski definition) is 5. The molecule has 3 aromatic rings. The van der Waals surface area contributed by atoms with Gasteiger partial charge in [-0.1, -0.05) is 11.3 Å². The predicted octanol–water partition coefficient (Wildman–Crippen LogP) is 1.72. The molecule has 2 aromatic heterocycles. The van der Waals surface area contributed by atoms with Crippen LogP contribution in [-0.2, 0) is 0 Å². The quantitative estimate of drug-likeness (QED) is 0.770. The number of aliphatic hydroxyl groups excluding tert-OH is 1. The molecular weight excluding hydrogens is 318 g/mol. The predicted molar refractivity (Wildman–Crippen MR) is 92.5 cm³/mol. The largest absolute Gasteiger partial charge is 0.391 e. The number of nitrogens with zero attached hydrogens (tertiary/aromatic N) is 5. The molecule has 1 aromatic carbocycles. The normalized spacial score (nSPS) is 17.8. The molecule has 4 rings (SSSR count). The van der Waals surface area contributed by atoms with E-state index >= 15 is 0 Å². The first kappa shape index (κ1) is 15.7. The summed E-state index contributed by atoms with van der Waals surface area (Å²) in [4.78, 5) is 18.8. The molecule has 1 fully saturated rings. The summed E-state index contributed by atoms with van der Waals surface area (Å²) < 4.78 is 1.68. The van der Waals surface area contributed by atoms with Crippen LogP contribution in [0.1, 0.15) is 29.0 Å². The van der Waals surface area contributed by atoms with Crippen molar-refractivity contribution >= 4 is 16.8 Å². The maximum absolute atomic E-state index is 12.8. The molecule has 7 nitrogen and oxygen atoms in total. The fourth-order valence-electron chi connectivity index (χ4n) is 3.32. The van der Waals surface area contributed by atoms with E-state index in [1.165, 1.54) is 0 Å². The molecule has 0 bridgehead atoms.